The summed E-state index contributed by atoms with van der Waals surface area (Å²) in [6, 6.07) is 18.6. The van der Waals surface area contributed by atoms with Gasteiger partial charge in [0.15, 0.2) is 0 Å². The van der Waals surface area contributed by atoms with Crippen LogP contribution in [-0.4, -0.2) is 54.6 Å². The Labute approximate surface area is 208 Å². The number of hydrogen-bond donors (Lipinski definition) is 0. The molecule has 5 nitrogen and oxygen atoms in total. The van der Waals surface area contributed by atoms with Gasteiger partial charge in [0, 0.05) is 55.4 Å². The Morgan fingerprint density at radius 1 is 0.829 bits per heavy atom. The van der Waals surface area contributed by atoms with Gasteiger partial charge in [-0.05, 0) is 62.1 Å². The number of aryl methyl sites for hydroxylation is 1. The first kappa shape index (κ1) is 21.4. The second-order valence-corrected chi connectivity index (χ2v) is 11.7. The molecule has 2 aromatic carbocycles. The third-order valence-corrected chi connectivity index (χ3v) is 9.08. The van der Waals surface area contributed by atoms with Crippen LogP contribution in [0.1, 0.15) is 47.2 Å². The minimum absolute atomic E-state index is 0.201. The summed E-state index contributed by atoms with van der Waals surface area (Å²) in [7, 11) is 2.21. The summed E-state index contributed by atoms with van der Waals surface area (Å²) in [6.07, 6.45) is 6.91. The summed E-state index contributed by atoms with van der Waals surface area (Å²) in [4.78, 5) is 17.0. The van der Waals surface area contributed by atoms with Crippen LogP contribution in [0.15, 0.2) is 54.7 Å². The Hall–Kier alpha value is -2.92. The van der Waals surface area contributed by atoms with Gasteiger partial charge < -0.3 is 14.7 Å². The molecule has 7 rings (SSSR count). The molecule has 0 N–H and O–H groups in total. The lowest BCUT2D eigenvalue weighted by atomic mass is 9.60. The average molecular weight is 466 g/mol. The molecule has 0 atom stereocenters. The first-order valence-corrected chi connectivity index (χ1v) is 13.2. The van der Waals surface area contributed by atoms with Crippen molar-refractivity contribution in [2.75, 3.05) is 49.6 Å². The summed E-state index contributed by atoms with van der Waals surface area (Å²) in [5, 5.41) is 0. The van der Waals surface area contributed by atoms with Crippen LogP contribution in [0.25, 0.3) is 0 Å². The topological polar surface area (TPSA) is 35.5 Å². The van der Waals surface area contributed by atoms with Crippen molar-refractivity contribution in [2.24, 2.45) is 5.41 Å². The van der Waals surface area contributed by atoms with Gasteiger partial charge in [-0.2, -0.15) is 0 Å². The maximum absolute atomic E-state index is 5.04. The van der Waals surface area contributed by atoms with E-state index in [0.29, 0.717) is 5.41 Å². The highest BCUT2D eigenvalue weighted by Crippen LogP contribution is 2.49. The van der Waals surface area contributed by atoms with Gasteiger partial charge in [0.05, 0.1) is 12.2 Å². The first-order valence-electron chi connectivity index (χ1n) is 13.2. The van der Waals surface area contributed by atoms with Crippen LogP contribution in [0.2, 0.25) is 0 Å². The van der Waals surface area contributed by atoms with E-state index >= 15 is 0 Å². The maximum atomic E-state index is 5.04. The Morgan fingerprint density at radius 3 is 2.14 bits per heavy atom. The van der Waals surface area contributed by atoms with Gasteiger partial charge in [0.25, 0.3) is 0 Å². The molecule has 0 unspecified atom stereocenters. The highest BCUT2D eigenvalue weighted by Gasteiger charge is 2.51. The second kappa shape index (κ2) is 7.79. The number of anilines is 2. The summed E-state index contributed by atoms with van der Waals surface area (Å²) >= 11 is 0. The SMILES string of the molecule is Cc1ccc(C2(c3ccc(N4CCc5cnc(N6CC7(CN(C)C7)C6)nc5C4)cc3)CCC2)cc1. The van der Waals surface area contributed by atoms with Crippen LogP contribution in [-0.2, 0) is 18.4 Å². The predicted octanol–water partition coefficient (Wildman–Crippen LogP) is 4.57. The van der Waals surface area contributed by atoms with Crippen molar-refractivity contribution in [3.8, 4) is 0 Å². The van der Waals surface area contributed by atoms with Gasteiger partial charge in [-0.15, -0.1) is 0 Å². The number of nitrogens with zero attached hydrogens (tertiary/aromatic N) is 5. The van der Waals surface area contributed by atoms with E-state index in [1.54, 1.807) is 0 Å². The lowest BCUT2D eigenvalue weighted by Crippen LogP contribution is -2.71. The van der Waals surface area contributed by atoms with Crippen molar-refractivity contribution in [3.05, 3.63) is 82.7 Å². The van der Waals surface area contributed by atoms with E-state index in [2.05, 4.69) is 83.4 Å². The molecule has 3 aromatic rings. The molecule has 0 radical (unpaired) electrons. The zero-order valence-electron chi connectivity index (χ0n) is 21.0. The van der Waals surface area contributed by atoms with Crippen molar-refractivity contribution in [1.29, 1.82) is 0 Å². The molecular formula is C30H35N5. The van der Waals surface area contributed by atoms with Gasteiger partial charge in [-0.25, -0.2) is 9.97 Å². The van der Waals surface area contributed by atoms with Crippen LogP contribution in [0, 0.1) is 12.3 Å². The summed E-state index contributed by atoms with van der Waals surface area (Å²) in [6.45, 7) is 8.69. The fourth-order valence-electron chi connectivity index (χ4n) is 7.01. The number of hydrogen-bond acceptors (Lipinski definition) is 5. The predicted molar refractivity (Wildman–Crippen MR) is 141 cm³/mol. The molecule has 35 heavy (non-hydrogen) atoms. The van der Waals surface area contributed by atoms with Crippen LogP contribution < -0.4 is 9.80 Å². The normalized spacial score (nSPS) is 22.2. The minimum Gasteiger partial charge on any atom is -0.365 e. The molecule has 0 bridgehead atoms. The number of fused-ring (bicyclic) bond motifs is 1. The molecular weight excluding hydrogens is 430 g/mol. The lowest BCUT2D eigenvalue weighted by Gasteiger charge is -2.59. The molecule has 1 spiro atoms. The van der Waals surface area contributed by atoms with E-state index < -0.39 is 0 Å². The number of likely N-dealkylation sites (tertiary alicyclic amines) is 1. The standard InChI is InChI=1S/C30H35N5/c1-22-4-6-24(7-5-22)30(13-3-14-30)25-8-10-26(11-9-25)34-15-12-23-16-31-28(32-27(23)17-34)35-20-29(21-35)18-33(2)19-29/h4-11,16H,3,12-15,17-21H2,1-2H3. The van der Waals surface area contributed by atoms with E-state index in [1.807, 2.05) is 0 Å². The largest absolute Gasteiger partial charge is 0.365 e. The zero-order valence-corrected chi connectivity index (χ0v) is 21.0. The summed E-state index contributed by atoms with van der Waals surface area (Å²) in [5.41, 5.74) is 8.79. The second-order valence-electron chi connectivity index (χ2n) is 11.7. The van der Waals surface area contributed by atoms with Crippen molar-refractivity contribution in [1.82, 2.24) is 14.9 Å². The molecule has 3 aliphatic heterocycles. The van der Waals surface area contributed by atoms with Crippen molar-refractivity contribution >= 4 is 11.6 Å². The lowest BCUT2D eigenvalue weighted by molar-refractivity contribution is -0.00326. The van der Waals surface area contributed by atoms with Gasteiger partial charge in [0.1, 0.15) is 0 Å². The first-order chi connectivity index (χ1) is 17.0. The quantitative estimate of drug-likeness (QED) is 0.564. The third-order valence-electron chi connectivity index (χ3n) is 9.08. The molecule has 1 aliphatic carbocycles. The Bertz CT molecular complexity index is 1230. The number of benzene rings is 2. The van der Waals surface area contributed by atoms with Crippen molar-refractivity contribution < 1.29 is 0 Å². The van der Waals surface area contributed by atoms with Crippen LogP contribution in [0.3, 0.4) is 0 Å². The zero-order chi connectivity index (χ0) is 23.6. The van der Waals surface area contributed by atoms with Gasteiger partial charge in [-0.1, -0.05) is 48.4 Å². The smallest absolute Gasteiger partial charge is 0.225 e. The molecule has 3 fully saturated rings. The fraction of sp³-hybridized carbons (Fsp3) is 0.467. The molecule has 1 aromatic heterocycles. The van der Waals surface area contributed by atoms with E-state index in [1.165, 1.54) is 66.0 Å². The Balaban J connectivity index is 1.08. The number of rotatable bonds is 4. The van der Waals surface area contributed by atoms with Gasteiger partial charge in [-0.3, -0.25) is 0 Å². The summed E-state index contributed by atoms with van der Waals surface area (Å²) < 4.78 is 0. The van der Waals surface area contributed by atoms with E-state index in [0.717, 1.165) is 38.5 Å². The minimum atomic E-state index is 0.201. The molecule has 2 saturated heterocycles. The highest BCUT2D eigenvalue weighted by atomic mass is 15.4. The molecule has 5 heteroatoms. The third kappa shape index (κ3) is 3.47. The van der Waals surface area contributed by atoms with Gasteiger partial charge in [0.2, 0.25) is 5.95 Å². The molecule has 4 aliphatic rings. The molecule has 0 amide bonds. The highest BCUT2D eigenvalue weighted by molar-refractivity contribution is 5.53. The molecule has 1 saturated carbocycles. The average Bonchev–Trinajstić information content (AvgIpc) is 2.81. The van der Waals surface area contributed by atoms with E-state index in [4.69, 9.17) is 9.97 Å². The fourth-order valence-corrected chi connectivity index (χ4v) is 7.01. The Morgan fingerprint density at radius 2 is 1.51 bits per heavy atom. The number of aromatic nitrogens is 2. The van der Waals surface area contributed by atoms with Gasteiger partial charge >= 0.3 is 0 Å². The summed E-state index contributed by atoms with van der Waals surface area (Å²) in [5.74, 6) is 0.922. The van der Waals surface area contributed by atoms with Crippen LogP contribution >= 0.6 is 0 Å². The van der Waals surface area contributed by atoms with E-state index in [-0.39, 0.29) is 5.41 Å². The van der Waals surface area contributed by atoms with Crippen LogP contribution in [0.4, 0.5) is 11.6 Å². The Kier molecular flexibility index (Phi) is 4.76. The van der Waals surface area contributed by atoms with Crippen molar-refractivity contribution in [3.63, 3.8) is 0 Å². The van der Waals surface area contributed by atoms with Crippen molar-refractivity contribution in [2.45, 2.75) is 44.6 Å². The molecule has 4 heterocycles. The van der Waals surface area contributed by atoms with Crippen LogP contribution in [0.5, 0.6) is 0 Å². The van der Waals surface area contributed by atoms with E-state index in [9.17, 15) is 0 Å². The maximum Gasteiger partial charge on any atom is 0.225 e. The monoisotopic (exact) mass is 465 g/mol. The molecule has 180 valence electrons.